The lowest BCUT2D eigenvalue weighted by Crippen LogP contribution is -2.16. The van der Waals surface area contributed by atoms with Gasteiger partial charge in [-0.3, -0.25) is 0 Å². The first-order valence-electron chi connectivity index (χ1n) is 6.36. The molecule has 0 atom stereocenters. The predicted octanol–water partition coefficient (Wildman–Crippen LogP) is 3.68. The monoisotopic (exact) mass is 275 g/mol. The molecule has 0 aliphatic rings. The van der Waals surface area contributed by atoms with Crippen LogP contribution < -0.4 is 10.1 Å². The zero-order valence-electron chi connectivity index (χ0n) is 11.0. The molecule has 2 aromatic carbocycles. The van der Waals surface area contributed by atoms with Crippen molar-refractivity contribution in [3.05, 3.63) is 64.7 Å². The molecule has 0 fully saturated rings. The first-order valence-corrected chi connectivity index (χ1v) is 6.74. The minimum absolute atomic E-state index is 0.784. The van der Waals surface area contributed by atoms with Gasteiger partial charge in [-0.2, -0.15) is 0 Å². The molecule has 0 amide bonds. The van der Waals surface area contributed by atoms with Crippen LogP contribution in [0, 0.1) is 0 Å². The summed E-state index contributed by atoms with van der Waals surface area (Å²) in [5.41, 5.74) is 2.48. The molecule has 0 radical (unpaired) electrons. The molecule has 100 valence electrons. The zero-order valence-corrected chi connectivity index (χ0v) is 11.8. The third-order valence-corrected chi connectivity index (χ3v) is 3.18. The maximum Gasteiger partial charge on any atom is 0.119 e. The van der Waals surface area contributed by atoms with Gasteiger partial charge < -0.3 is 10.1 Å². The Morgan fingerprint density at radius 1 is 1.05 bits per heavy atom. The smallest absolute Gasteiger partial charge is 0.119 e. The first-order chi connectivity index (χ1) is 9.28. The average Bonchev–Trinajstić information content (AvgIpc) is 2.44. The van der Waals surface area contributed by atoms with Crippen molar-refractivity contribution >= 4 is 11.6 Å². The molecule has 0 saturated carbocycles. The van der Waals surface area contributed by atoms with Crippen LogP contribution in [0.4, 0.5) is 0 Å². The maximum atomic E-state index is 5.95. The van der Waals surface area contributed by atoms with E-state index in [0.29, 0.717) is 0 Å². The van der Waals surface area contributed by atoms with Crippen molar-refractivity contribution < 1.29 is 4.74 Å². The van der Waals surface area contributed by atoms with Crippen molar-refractivity contribution in [2.45, 2.75) is 13.0 Å². The van der Waals surface area contributed by atoms with Crippen LogP contribution in [-0.2, 0) is 13.0 Å². The van der Waals surface area contributed by atoms with Gasteiger partial charge in [-0.1, -0.05) is 35.9 Å². The van der Waals surface area contributed by atoms with E-state index in [1.807, 2.05) is 30.3 Å². The Kier molecular flexibility index (Phi) is 5.25. The van der Waals surface area contributed by atoms with Crippen LogP contribution in [0.5, 0.6) is 5.75 Å². The molecule has 0 unspecified atom stereocenters. The number of benzene rings is 2. The summed E-state index contributed by atoms with van der Waals surface area (Å²) in [6.07, 6.45) is 0.984. The quantitative estimate of drug-likeness (QED) is 0.812. The van der Waals surface area contributed by atoms with Crippen molar-refractivity contribution in [2.75, 3.05) is 13.7 Å². The van der Waals surface area contributed by atoms with Gasteiger partial charge >= 0.3 is 0 Å². The molecule has 2 nitrogen and oxygen atoms in total. The average molecular weight is 276 g/mol. The largest absolute Gasteiger partial charge is 0.497 e. The third-order valence-electron chi connectivity index (χ3n) is 2.94. The van der Waals surface area contributed by atoms with E-state index in [1.165, 1.54) is 11.1 Å². The van der Waals surface area contributed by atoms with Crippen molar-refractivity contribution in [3.63, 3.8) is 0 Å². The van der Waals surface area contributed by atoms with Crippen LogP contribution in [-0.4, -0.2) is 13.7 Å². The number of nitrogens with one attached hydrogen (secondary N) is 1. The van der Waals surface area contributed by atoms with Gasteiger partial charge in [-0.05, 0) is 48.4 Å². The first kappa shape index (κ1) is 13.9. The van der Waals surface area contributed by atoms with E-state index in [4.69, 9.17) is 16.3 Å². The maximum absolute atomic E-state index is 5.95. The summed E-state index contributed by atoms with van der Waals surface area (Å²) in [7, 11) is 1.69. The summed E-state index contributed by atoms with van der Waals surface area (Å²) in [4.78, 5) is 0. The number of halogens is 1. The highest BCUT2D eigenvalue weighted by Crippen LogP contribution is 2.13. The molecule has 0 heterocycles. The van der Waals surface area contributed by atoms with Crippen LogP contribution in [0.25, 0.3) is 0 Å². The lowest BCUT2D eigenvalue weighted by Gasteiger charge is -2.07. The molecule has 2 rings (SSSR count). The predicted molar refractivity (Wildman–Crippen MR) is 79.9 cm³/mol. The van der Waals surface area contributed by atoms with Crippen molar-refractivity contribution in [1.82, 2.24) is 5.32 Å². The van der Waals surface area contributed by atoms with Gasteiger partial charge in [0, 0.05) is 11.6 Å². The summed E-state index contributed by atoms with van der Waals surface area (Å²) in [5, 5.41) is 4.20. The van der Waals surface area contributed by atoms with Gasteiger partial charge in [0.15, 0.2) is 0 Å². The molecule has 0 saturated heterocycles. The van der Waals surface area contributed by atoms with Gasteiger partial charge in [0.05, 0.1) is 7.11 Å². The molecule has 2 aromatic rings. The number of rotatable bonds is 6. The highest BCUT2D eigenvalue weighted by molar-refractivity contribution is 6.30. The lowest BCUT2D eigenvalue weighted by atomic mass is 10.1. The second-order valence-electron chi connectivity index (χ2n) is 4.41. The fourth-order valence-electron chi connectivity index (χ4n) is 1.94. The summed E-state index contributed by atoms with van der Waals surface area (Å²) >= 11 is 5.95. The molecular formula is C16H18ClNO. The van der Waals surface area contributed by atoms with Gasteiger partial charge in [0.25, 0.3) is 0 Å². The molecule has 0 spiro atoms. The van der Waals surface area contributed by atoms with E-state index in [0.717, 1.165) is 30.3 Å². The van der Waals surface area contributed by atoms with E-state index in [9.17, 15) is 0 Å². The highest BCUT2D eigenvalue weighted by Gasteiger charge is 1.97. The van der Waals surface area contributed by atoms with Crippen LogP contribution in [0.2, 0.25) is 5.02 Å². The fraction of sp³-hybridized carbons (Fsp3) is 0.250. The second-order valence-corrected chi connectivity index (χ2v) is 4.84. The Balaban J connectivity index is 1.77. The SMILES string of the molecule is COc1cccc(CCNCc2cccc(Cl)c2)c1. The number of methoxy groups -OCH3 is 1. The molecule has 3 heteroatoms. The van der Waals surface area contributed by atoms with Gasteiger partial charge in [0.2, 0.25) is 0 Å². The summed E-state index contributed by atoms with van der Waals surface area (Å²) in [6, 6.07) is 16.1. The molecule has 0 bridgehead atoms. The van der Waals surface area contributed by atoms with Crippen LogP contribution in [0.1, 0.15) is 11.1 Å². The molecule has 1 N–H and O–H groups in total. The molecule has 0 aliphatic carbocycles. The van der Waals surface area contributed by atoms with E-state index < -0.39 is 0 Å². The Hall–Kier alpha value is -1.51. The number of hydrogen-bond acceptors (Lipinski definition) is 2. The van der Waals surface area contributed by atoms with Crippen LogP contribution >= 0.6 is 11.6 Å². The highest BCUT2D eigenvalue weighted by atomic mass is 35.5. The van der Waals surface area contributed by atoms with Crippen molar-refractivity contribution in [1.29, 1.82) is 0 Å². The van der Waals surface area contributed by atoms with E-state index >= 15 is 0 Å². The Labute approximate surface area is 119 Å². The van der Waals surface area contributed by atoms with Gasteiger partial charge in [-0.25, -0.2) is 0 Å². The number of hydrogen-bond donors (Lipinski definition) is 1. The topological polar surface area (TPSA) is 21.3 Å². The number of ether oxygens (including phenoxy) is 1. The summed E-state index contributed by atoms with van der Waals surface area (Å²) in [6.45, 7) is 1.77. The normalized spacial score (nSPS) is 10.4. The van der Waals surface area contributed by atoms with Crippen molar-refractivity contribution in [2.24, 2.45) is 0 Å². The lowest BCUT2D eigenvalue weighted by molar-refractivity contribution is 0.414. The van der Waals surface area contributed by atoms with E-state index in [2.05, 4.69) is 23.5 Å². The third kappa shape index (κ3) is 4.58. The Morgan fingerprint density at radius 2 is 1.84 bits per heavy atom. The van der Waals surface area contributed by atoms with E-state index in [1.54, 1.807) is 7.11 Å². The van der Waals surface area contributed by atoms with Gasteiger partial charge in [0.1, 0.15) is 5.75 Å². The zero-order chi connectivity index (χ0) is 13.5. The molecular weight excluding hydrogens is 258 g/mol. The summed E-state index contributed by atoms with van der Waals surface area (Å²) in [5.74, 6) is 0.910. The Bertz CT molecular complexity index is 528. The van der Waals surface area contributed by atoms with E-state index in [-0.39, 0.29) is 0 Å². The summed E-state index contributed by atoms with van der Waals surface area (Å²) < 4.78 is 5.21. The molecule has 0 aromatic heterocycles. The van der Waals surface area contributed by atoms with Crippen molar-refractivity contribution in [3.8, 4) is 5.75 Å². The molecule has 19 heavy (non-hydrogen) atoms. The Morgan fingerprint density at radius 3 is 2.63 bits per heavy atom. The standard InChI is InChI=1S/C16H18ClNO/c1-19-16-7-3-4-13(11-16)8-9-18-12-14-5-2-6-15(17)10-14/h2-7,10-11,18H,8-9,12H2,1H3. The van der Waals surface area contributed by atoms with Crippen LogP contribution in [0.3, 0.4) is 0 Å². The molecule has 0 aliphatic heterocycles. The van der Waals surface area contributed by atoms with Gasteiger partial charge in [-0.15, -0.1) is 0 Å². The minimum Gasteiger partial charge on any atom is -0.497 e. The minimum atomic E-state index is 0.784. The fourth-order valence-corrected chi connectivity index (χ4v) is 2.15. The second kappa shape index (κ2) is 7.17. The van der Waals surface area contributed by atoms with Crippen LogP contribution in [0.15, 0.2) is 48.5 Å².